The van der Waals surface area contributed by atoms with Gasteiger partial charge in [-0.3, -0.25) is 14.4 Å². The lowest BCUT2D eigenvalue weighted by Gasteiger charge is -2.19. The molecule has 0 aromatic carbocycles. The molecule has 0 radical (unpaired) electrons. The molecule has 13 heteroatoms. The summed E-state index contributed by atoms with van der Waals surface area (Å²) in [5.41, 5.74) is 6.38. The van der Waals surface area contributed by atoms with Gasteiger partial charge in [0.2, 0.25) is 17.7 Å². The molecule has 150 valence electrons. The summed E-state index contributed by atoms with van der Waals surface area (Å²) >= 11 is 3.92. The zero-order valence-electron chi connectivity index (χ0n) is 14.2. The molecule has 1 rings (SSSR count). The minimum atomic E-state index is -1.50. The molecule has 0 aliphatic heterocycles. The number of aliphatic hydroxyl groups excluding tert-OH is 1. The number of aliphatic carboxylic acids is 1. The molecular weight excluding hydrogens is 380 g/mol. The number of hydrogen-bond donors (Lipinski definition) is 8. The van der Waals surface area contributed by atoms with Crippen molar-refractivity contribution in [3.8, 4) is 0 Å². The summed E-state index contributed by atoms with van der Waals surface area (Å²) < 4.78 is 0. The van der Waals surface area contributed by atoms with Crippen LogP contribution in [0.15, 0.2) is 12.5 Å². The molecule has 0 bridgehead atoms. The highest BCUT2D eigenvalue weighted by molar-refractivity contribution is 7.80. The van der Waals surface area contributed by atoms with Crippen LogP contribution >= 0.6 is 12.6 Å². The highest BCUT2D eigenvalue weighted by Crippen LogP contribution is 1.96. The molecule has 1 heterocycles. The topological polar surface area (TPSA) is 200 Å². The number of hydrogen-bond acceptors (Lipinski definition) is 8. The maximum atomic E-state index is 11.9. The Bertz CT molecular complexity index is 655. The molecule has 3 atom stereocenters. The summed E-state index contributed by atoms with van der Waals surface area (Å²) in [6, 6.07) is -3.55. The average Bonchev–Trinajstić information content (AvgIpc) is 3.14. The molecule has 0 saturated heterocycles. The monoisotopic (exact) mass is 402 g/mol. The number of nitrogens with one attached hydrogen (secondary N) is 4. The van der Waals surface area contributed by atoms with E-state index in [0.29, 0.717) is 5.69 Å². The number of carbonyl (C=O) groups is 4. The van der Waals surface area contributed by atoms with Crippen molar-refractivity contribution in [2.24, 2.45) is 5.73 Å². The maximum absolute atomic E-state index is 11.9. The molecule has 1 aromatic heterocycles. The van der Waals surface area contributed by atoms with E-state index in [4.69, 9.17) is 15.9 Å². The van der Waals surface area contributed by atoms with Gasteiger partial charge in [0, 0.05) is 24.1 Å². The normalized spacial score (nSPS) is 13.9. The molecule has 0 fully saturated rings. The number of aliphatic hydroxyl groups is 1. The Hall–Kier alpha value is -2.64. The third kappa shape index (κ3) is 7.64. The molecule has 3 amide bonds. The Morgan fingerprint density at radius 3 is 2.44 bits per heavy atom. The molecule has 0 aliphatic carbocycles. The van der Waals surface area contributed by atoms with E-state index in [9.17, 15) is 19.2 Å². The zero-order valence-corrected chi connectivity index (χ0v) is 15.1. The SMILES string of the molecule is NC(Cc1cnc[nH]1)C(=O)NCC(=O)NC(CS)C(=O)NC(CO)C(=O)O. The van der Waals surface area contributed by atoms with E-state index in [2.05, 4.69) is 38.5 Å². The van der Waals surface area contributed by atoms with Gasteiger partial charge in [0.05, 0.1) is 25.5 Å². The molecular formula is C14H22N6O6S. The van der Waals surface area contributed by atoms with Crippen LogP contribution in [0.2, 0.25) is 0 Å². The van der Waals surface area contributed by atoms with Crippen LogP contribution in [0.25, 0.3) is 0 Å². The van der Waals surface area contributed by atoms with E-state index in [1.165, 1.54) is 12.5 Å². The zero-order chi connectivity index (χ0) is 20.4. The van der Waals surface area contributed by atoms with Gasteiger partial charge in [0.25, 0.3) is 0 Å². The summed E-state index contributed by atoms with van der Waals surface area (Å²) in [4.78, 5) is 53.1. The van der Waals surface area contributed by atoms with Crippen molar-refractivity contribution in [2.45, 2.75) is 24.5 Å². The number of aromatic amines is 1. The summed E-state index contributed by atoms with van der Waals surface area (Å²) in [6.07, 6.45) is 3.17. The molecule has 8 N–H and O–H groups in total. The summed E-state index contributed by atoms with van der Waals surface area (Å²) in [5, 5.41) is 24.4. The van der Waals surface area contributed by atoms with Crippen molar-refractivity contribution in [1.82, 2.24) is 25.9 Å². The number of carboxylic acid groups (broad SMARTS) is 1. The minimum absolute atomic E-state index is 0.122. The highest BCUT2D eigenvalue weighted by Gasteiger charge is 2.25. The first-order valence-electron chi connectivity index (χ1n) is 7.83. The quantitative estimate of drug-likeness (QED) is 0.173. The molecule has 27 heavy (non-hydrogen) atoms. The van der Waals surface area contributed by atoms with E-state index in [0.717, 1.165) is 0 Å². The van der Waals surface area contributed by atoms with Crippen molar-refractivity contribution in [3.05, 3.63) is 18.2 Å². The Morgan fingerprint density at radius 1 is 1.22 bits per heavy atom. The number of H-pyrrole nitrogens is 1. The maximum Gasteiger partial charge on any atom is 0.328 e. The van der Waals surface area contributed by atoms with Crippen LogP contribution in [0, 0.1) is 0 Å². The molecule has 0 spiro atoms. The predicted octanol–water partition coefficient (Wildman–Crippen LogP) is -3.63. The van der Waals surface area contributed by atoms with E-state index in [1.54, 1.807) is 0 Å². The number of amides is 3. The number of nitrogens with zero attached hydrogens (tertiary/aromatic N) is 1. The van der Waals surface area contributed by atoms with Gasteiger partial charge in [0.1, 0.15) is 12.1 Å². The lowest BCUT2D eigenvalue weighted by Crippen LogP contribution is -2.55. The molecule has 12 nitrogen and oxygen atoms in total. The van der Waals surface area contributed by atoms with Crippen LogP contribution in [0.3, 0.4) is 0 Å². The van der Waals surface area contributed by atoms with Crippen molar-refractivity contribution in [2.75, 3.05) is 18.9 Å². The second-order valence-electron chi connectivity index (χ2n) is 5.49. The molecule has 0 aliphatic rings. The smallest absolute Gasteiger partial charge is 0.328 e. The second kappa shape index (κ2) is 11.2. The largest absolute Gasteiger partial charge is 0.480 e. The van der Waals surface area contributed by atoms with Gasteiger partial charge in [-0.25, -0.2) is 9.78 Å². The third-order valence-electron chi connectivity index (χ3n) is 3.39. The summed E-state index contributed by atoms with van der Waals surface area (Å²) in [5.74, 6) is -3.64. The Kier molecular flexibility index (Phi) is 9.25. The van der Waals surface area contributed by atoms with E-state index in [-0.39, 0.29) is 12.2 Å². The predicted molar refractivity (Wildman–Crippen MR) is 95.7 cm³/mol. The van der Waals surface area contributed by atoms with Gasteiger partial charge in [-0.15, -0.1) is 0 Å². The van der Waals surface area contributed by atoms with Gasteiger partial charge in [-0.2, -0.15) is 12.6 Å². The van der Waals surface area contributed by atoms with E-state index >= 15 is 0 Å². The van der Waals surface area contributed by atoms with Crippen LogP contribution in [0.5, 0.6) is 0 Å². The van der Waals surface area contributed by atoms with Crippen LogP contribution in [-0.4, -0.2) is 80.9 Å². The number of aromatic nitrogens is 2. The lowest BCUT2D eigenvalue weighted by atomic mass is 10.1. The van der Waals surface area contributed by atoms with Gasteiger partial charge < -0.3 is 36.9 Å². The van der Waals surface area contributed by atoms with Gasteiger partial charge in [-0.1, -0.05) is 0 Å². The summed E-state index contributed by atoms with van der Waals surface area (Å²) in [6.45, 7) is -1.24. The molecule has 1 aromatic rings. The van der Waals surface area contributed by atoms with Crippen molar-refractivity contribution >= 4 is 36.3 Å². The van der Waals surface area contributed by atoms with Crippen LogP contribution in [0.1, 0.15) is 5.69 Å². The summed E-state index contributed by atoms with van der Waals surface area (Å²) in [7, 11) is 0. The van der Waals surface area contributed by atoms with Crippen LogP contribution in [-0.2, 0) is 25.6 Å². The van der Waals surface area contributed by atoms with E-state index in [1.807, 2.05) is 0 Å². The van der Waals surface area contributed by atoms with Gasteiger partial charge in [-0.05, 0) is 0 Å². The third-order valence-corrected chi connectivity index (χ3v) is 3.75. The van der Waals surface area contributed by atoms with E-state index < -0.39 is 55.0 Å². The number of carbonyl (C=O) groups excluding carboxylic acids is 3. The standard InChI is InChI=1S/C14H22N6O6S/c15-8(1-7-2-16-6-18-7)12(23)17-3-11(22)19-10(5-27)13(24)20-9(4-21)14(25)26/h2,6,8-10,21,27H,1,3-5,15H2,(H,16,18)(H,17,23)(H,19,22)(H,20,24)(H,25,26). The highest BCUT2D eigenvalue weighted by atomic mass is 32.1. The van der Waals surface area contributed by atoms with Crippen molar-refractivity contribution in [1.29, 1.82) is 0 Å². The number of nitrogens with two attached hydrogens (primary N) is 1. The first-order chi connectivity index (χ1) is 12.8. The Labute approximate surface area is 159 Å². The first kappa shape index (κ1) is 22.4. The number of thiol groups is 1. The fourth-order valence-corrected chi connectivity index (χ4v) is 2.18. The molecule has 3 unspecified atom stereocenters. The minimum Gasteiger partial charge on any atom is -0.480 e. The Morgan fingerprint density at radius 2 is 1.93 bits per heavy atom. The van der Waals surface area contributed by atoms with Gasteiger partial charge in [0.15, 0.2) is 0 Å². The van der Waals surface area contributed by atoms with Crippen LogP contribution < -0.4 is 21.7 Å². The average molecular weight is 402 g/mol. The van der Waals surface area contributed by atoms with Gasteiger partial charge >= 0.3 is 5.97 Å². The van der Waals surface area contributed by atoms with Crippen molar-refractivity contribution < 1.29 is 29.4 Å². The number of rotatable bonds is 11. The lowest BCUT2D eigenvalue weighted by molar-refractivity contribution is -0.143. The fraction of sp³-hybridized carbons (Fsp3) is 0.500. The fourth-order valence-electron chi connectivity index (χ4n) is 1.92. The number of carboxylic acids is 1. The van der Waals surface area contributed by atoms with Crippen molar-refractivity contribution in [3.63, 3.8) is 0 Å². The molecule has 0 saturated carbocycles. The van der Waals surface area contributed by atoms with Crippen LogP contribution in [0.4, 0.5) is 0 Å². The first-order valence-corrected chi connectivity index (χ1v) is 8.46. The number of imidazole rings is 1. The Balaban J connectivity index is 2.45. The second-order valence-corrected chi connectivity index (χ2v) is 5.86.